The van der Waals surface area contributed by atoms with Crippen molar-refractivity contribution in [3.05, 3.63) is 53.9 Å². The molecule has 0 bridgehead atoms. The van der Waals surface area contributed by atoms with Gasteiger partial charge in [0.05, 0.1) is 12.2 Å². The van der Waals surface area contributed by atoms with Gasteiger partial charge in [-0.05, 0) is 31.9 Å². The summed E-state index contributed by atoms with van der Waals surface area (Å²) in [7, 11) is 1.91. The Hall–Kier alpha value is -2.34. The van der Waals surface area contributed by atoms with Gasteiger partial charge in [0.2, 0.25) is 0 Å². The van der Waals surface area contributed by atoms with Gasteiger partial charge in [0, 0.05) is 38.8 Å². The summed E-state index contributed by atoms with van der Waals surface area (Å²) in [5.41, 5.74) is 1.91. The van der Waals surface area contributed by atoms with Crippen molar-refractivity contribution >= 4 is 6.09 Å². The Bertz CT molecular complexity index is 736. The third kappa shape index (κ3) is 4.85. The Kier molecular flexibility index (Phi) is 5.32. The summed E-state index contributed by atoms with van der Waals surface area (Å²) in [5, 5.41) is 7.37. The van der Waals surface area contributed by atoms with E-state index in [1.54, 1.807) is 4.68 Å². The molecule has 0 aliphatic carbocycles. The van der Waals surface area contributed by atoms with Crippen molar-refractivity contribution < 1.29 is 9.53 Å². The molecule has 0 saturated carbocycles. The first-order chi connectivity index (χ1) is 12.3. The predicted octanol–water partition coefficient (Wildman–Crippen LogP) is 2.91. The highest BCUT2D eigenvalue weighted by atomic mass is 16.6. The van der Waals surface area contributed by atoms with Gasteiger partial charge in [-0.25, -0.2) is 4.79 Å². The van der Waals surface area contributed by atoms with E-state index in [0.717, 1.165) is 25.2 Å². The zero-order valence-electron chi connectivity index (χ0n) is 16.0. The van der Waals surface area contributed by atoms with Crippen LogP contribution in [0.4, 0.5) is 4.79 Å². The second-order valence-electron chi connectivity index (χ2n) is 7.99. The van der Waals surface area contributed by atoms with Gasteiger partial charge in [0.15, 0.2) is 0 Å². The standard InChI is InChI=1S/C20H28N4O2/c1-20(2,3)26-19(25)22-18-14-24(11-15-8-6-5-7-9-15)13-17(18)16-10-21-23(4)12-16/h5-10,12,17-18H,11,13-14H2,1-4H3,(H,22,25). The summed E-state index contributed by atoms with van der Waals surface area (Å²) in [6.45, 7) is 8.16. The molecule has 6 nitrogen and oxygen atoms in total. The lowest BCUT2D eigenvalue weighted by Gasteiger charge is -2.24. The molecule has 1 aliphatic rings. The van der Waals surface area contributed by atoms with E-state index in [1.807, 2.05) is 46.3 Å². The van der Waals surface area contributed by atoms with Gasteiger partial charge in [-0.1, -0.05) is 30.3 Å². The van der Waals surface area contributed by atoms with E-state index in [0.29, 0.717) is 0 Å². The van der Waals surface area contributed by atoms with Gasteiger partial charge in [-0.2, -0.15) is 5.10 Å². The SMILES string of the molecule is Cn1cc(C2CN(Cc3ccccc3)CC2NC(=O)OC(C)(C)C)cn1. The van der Waals surface area contributed by atoms with Crippen molar-refractivity contribution in [1.82, 2.24) is 20.0 Å². The number of benzene rings is 1. The van der Waals surface area contributed by atoms with Crippen LogP contribution in [0, 0.1) is 0 Å². The molecule has 1 saturated heterocycles. The van der Waals surface area contributed by atoms with Crippen molar-refractivity contribution in [3.63, 3.8) is 0 Å². The van der Waals surface area contributed by atoms with Crippen LogP contribution in [0.15, 0.2) is 42.7 Å². The topological polar surface area (TPSA) is 59.4 Å². The molecule has 140 valence electrons. The smallest absolute Gasteiger partial charge is 0.407 e. The number of nitrogens with one attached hydrogen (secondary N) is 1. The van der Waals surface area contributed by atoms with Crippen LogP contribution in [0.1, 0.15) is 37.8 Å². The van der Waals surface area contributed by atoms with Crippen LogP contribution in [0.25, 0.3) is 0 Å². The molecule has 1 fully saturated rings. The van der Waals surface area contributed by atoms with Crippen LogP contribution in [0.3, 0.4) is 0 Å². The predicted molar refractivity (Wildman–Crippen MR) is 101 cm³/mol. The van der Waals surface area contributed by atoms with Crippen LogP contribution >= 0.6 is 0 Å². The first-order valence-corrected chi connectivity index (χ1v) is 9.04. The molecule has 2 heterocycles. The van der Waals surface area contributed by atoms with Crippen LogP contribution in [-0.4, -0.2) is 45.5 Å². The van der Waals surface area contributed by atoms with Crippen LogP contribution in [-0.2, 0) is 18.3 Å². The quantitative estimate of drug-likeness (QED) is 0.915. The van der Waals surface area contributed by atoms with Gasteiger partial charge in [-0.3, -0.25) is 9.58 Å². The number of hydrogen-bond acceptors (Lipinski definition) is 4. The number of rotatable bonds is 4. The minimum Gasteiger partial charge on any atom is -0.444 e. The van der Waals surface area contributed by atoms with Gasteiger partial charge in [0.25, 0.3) is 0 Å². The van der Waals surface area contributed by atoms with E-state index in [2.05, 4.69) is 39.6 Å². The van der Waals surface area contributed by atoms with Crippen molar-refractivity contribution in [2.45, 2.75) is 44.9 Å². The Labute approximate surface area is 155 Å². The molecule has 2 unspecified atom stereocenters. The second kappa shape index (κ2) is 7.50. The van der Waals surface area contributed by atoms with E-state index >= 15 is 0 Å². The highest BCUT2D eigenvalue weighted by molar-refractivity contribution is 5.68. The molecule has 1 aromatic heterocycles. The largest absolute Gasteiger partial charge is 0.444 e. The number of alkyl carbamates (subject to hydrolysis) is 1. The molecule has 1 aromatic carbocycles. The van der Waals surface area contributed by atoms with Gasteiger partial charge >= 0.3 is 6.09 Å². The van der Waals surface area contributed by atoms with Crippen LogP contribution in [0.5, 0.6) is 0 Å². The molecular formula is C20H28N4O2. The normalized spacial score (nSPS) is 20.9. The maximum absolute atomic E-state index is 12.3. The first-order valence-electron chi connectivity index (χ1n) is 9.04. The zero-order chi connectivity index (χ0) is 18.7. The van der Waals surface area contributed by atoms with E-state index in [1.165, 1.54) is 5.56 Å². The van der Waals surface area contributed by atoms with Crippen molar-refractivity contribution in [3.8, 4) is 0 Å². The fourth-order valence-electron chi connectivity index (χ4n) is 3.43. The molecule has 0 spiro atoms. The summed E-state index contributed by atoms with van der Waals surface area (Å²) < 4.78 is 7.26. The molecule has 0 radical (unpaired) electrons. The lowest BCUT2D eigenvalue weighted by Crippen LogP contribution is -2.42. The average molecular weight is 356 g/mol. The van der Waals surface area contributed by atoms with Gasteiger partial charge < -0.3 is 10.1 Å². The van der Waals surface area contributed by atoms with Crippen LogP contribution in [0.2, 0.25) is 0 Å². The first kappa shape index (κ1) is 18.5. The molecule has 3 rings (SSSR count). The number of carbonyl (C=O) groups excluding carboxylic acids is 1. The number of ether oxygens (including phenoxy) is 1. The third-order valence-corrected chi connectivity index (χ3v) is 4.50. The minimum atomic E-state index is -0.504. The van der Waals surface area contributed by atoms with Crippen molar-refractivity contribution in [1.29, 1.82) is 0 Å². The Balaban J connectivity index is 1.72. The zero-order valence-corrected chi connectivity index (χ0v) is 16.0. The lowest BCUT2D eigenvalue weighted by molar-refractivity contribution is 0.0502. The van der Waals surface area contributed by atoms with E-state index in [4.69, 9.17) is 4.74 Å². The number of nitrogens with zero attached hydrogens (tertiary/aromatic N) is 3. The molecular weight excluding hydrogens is 328 g/mol. The maximum atomic E-state index is 12.3. The molecule has 1 aliphatic heterocycles. The van der Waals surface area contributed by atoms with Crippen molar-refractivity contribution in [2.75, 3.05) is 13.1 Å². The number of amides is 1. The highest BCUT2D eigenvalue weighted by Gasteiger charge is 2.36. The van der Waals surface area contributed by atoms with E-state index in [-0.39, 0.29) is 18.1 Å². The molecule has 1 N–H and O–H groups in total. The summed E-state index contributed by atoms with van der Waals surface area (Å²) in [4.78, 5) is 14.7. The molecule has 1 amide bonds. The number of likely N-dealkylation sites (tertiary alicyclic amines) is 1. The summed E-state index contributed by atoms with van der Waals surface area (Å²) in [5.74, 6) is 0.194. The van der Waals surface area contributed by atoms with E-state index in [9.17, 15) is 4.79 Å². The molecule has 2 atom stereocenters. The minimum absolute atomic E-state index is 0.00207. The summed E-state index contributed by atoms with van der Waals surface area (Å²) >= 11 is 0. The molecule has 2 aromatic rings. The Morgan fingerprint density at radius 3 is 2.62 bits per heavy atom. The Morgan fingerprint density at radius 2 is 2.00 bits per heavy atom. The highest BCUT2D eigenvalue weighted by Crippen LogP contribution is 2.28. The number of aryl methyl sites for hydroxylation is 1. The third-order valence-electron chi connectivity index (χ3n) is 4.50. The summed E-state index contributed by atoms with van der Waals surface area (Å²) in [6, 6.07) is 10.4. The number of carbonyl (C=O) groups is 1. The van der Waals surface area contributed by atoms with E-state index < -0.39 is 5.60 Å². The van der Waals surface area contributed by atoms with Crippen LogP contribution < -0.4 is 5.32 Å². The fraction of sp³-hybridized carbons (Fsp3) is 0.500. The number of aromatic nitrogens is 2. The summed E-state index contributed by atoms with van der Waals surface area (Å²) in [6.07, 6.45) is 3.55. The molecule has 26 heavy (non-hydrogen) atoms. The fourth-order valence-corrected chi connectivity index (χ4v) is 3.43. The second-order valence-corrected chi connectivity index (χ2v) is 7.99. The van der Waals surface area contributed by atoms with Gasteiger partial charge in [-0.15, -0.1) is 0 Å². The average Bonchev–Trinajstić information content (AvgIpc) is 3.12. The van der Waals surface area contributed by atoms with Gasteiger partial charge in [0.1, 0.15) is 5.60 Å². The molecule has 6 heteroatoms. The lowest BCUT2D eigenvalue weighted by atomic mass is 9.97. The maximum Gasteiger partial charge on any atom is 0.407 e. The number of hydrogen-bond donors (Lipinski definition) is 1. The van der Waals surface area contributed by atoms with Crippen molar-refractivity contribution in [2.24, 2.45) is 7.05 Å². The monoisotopic (exact) mass is 356 g/mol. The Morgan fingerprint density at radius 1 is 1.27 bits per heavy atom.